The Morgan fingerprint density at radius 1 is 0.889 bits per heavy atom. The molecule has 0 spiro atoms. The van der Waals surface area contributed by atoms with Crippen molar-refractivity contribution in [2.75, 3.05) is 7.05 Å². The molecule has 0 unspecified atom stereocenters. The van der Waals surface area contributed by atoms with Gasteiger partial charge in [0.05, 0.1) is 12.8 Å². The molecule has 2 aromatic carbocycles. The van der Waals surface area contributed by atoms with E-state index in [1.54, 1.807) is 48.5 Å². The normalized spacial score (nSPS) is 10.7. The summed E-state index contributed by atoms with van der Waals surface area (Å²) in [6.07, 6.45) is 1.59. The van der Waals surface area contributed by atoms with Gasteiger partial charge in [-0.2, -0.15) is 0 Å². The number of hydrogen-bond donors (Lipinski definition) is 0. The van der Waals surface area contributed by atoms with Gasteiger partial charge in [-0.05, 0) is 48.5 Å². The molecule has 0 aliphatic rings. The Morgan fingerprint density at radius 2 is 1.56 bits per heavy atom. The molecule has 0 bridgehead atoms. The maximum atomic E-state index is 12.5. The molecule has 2 heterocycles. The summed E-state index contributed by atoms with van der Waals surface area (Å²) in [4.78, 5) is 14.1. The molecule has 0 fully saturated rings. The van der Waals surface area contributed by atoms with Gasteiger partial charge in [0.15, 0.2) is 0 Å². The van der Waals surface area contributed by atoms with Gasteiger partial charge in [0, 0.05) is 23.7 Å². The summed E-state index contributed by atoms with van der Waals surface area (Å²) in [6.45, 7) is 0.414. The molecule has 2 aromatic heterocycles. The quantitative estimate of drug-likeness (QED) is 0.532. The molecule has 1 amide bonds. The number of carbonyl (C=O) groups is 1. The summed E-state index contributed by atoms with van der Waals surface area (Å²) in [7, 11) is 1.74. The predicted molar refractivity (Wildman–Crippen MR) is 99.7 cm³/mol. The highest BCUT2D eigenvalue weighted by Crippen LogP contribution is 2.24. The van der Waals surface area contributed by atoms with E-state index in [9.17, 15) is 4.79 Å². The Bertz CT molecular complexity index is 1020. The largest absolute Gasteiger partial charge is 0.467 e. The lowest BCUT2D eigenvalue weighted by molar-refractivity contribution is 0.0775. The Morgan fingerprint density at radius 3 is 2.19 bits per heavy atom. The van der Waals surface area contributed by atoms with Gasteiger partial charge in [-0.25, -0.2) is 0 Å². The number of benzene rings is 2. The minimum Gasteiger partial charge on any atom is -0.467 e. The van der Waals surface area contributed by atoms with Crippen molar-refractivity contribution in [2.24, 2.45) is 0 Å². The van der Waals surface area contributed by atoms with Crippen LogP contribution in [0.2, 0.25) is 0 Å². The zero-order chi connectivity index (χ0) is 18.6. The van der Waals surface area contributed by atoms with Crippen molar-refractivity contribution in [3.8, 4) is 22.9 Å². The van der Waals surface area contributed by atoms with Gasteiger partial charge < -0.3 is 13.7 Å². The highest BCUT2D eigenvalue weighted by molar-refractivity contribution is 5.94. The second-order valence-electron chi connectivity index (χ2n) is 6.10. The van der Waals surface area contributed by atoms with E-state index >= 15 is 0 Å². The van der Waals surface area contributed by atoms with E-state index in [1.807, 2.05) is 36.4 Å². The van der Waals surface area contributed by atoms with Gasteiger partial charge in [-0.15, -0.1) is 10.2 Å². The summed E-state index contributed by atoms with van der Waals surface area (Å²) in [5.74, 6) is 1.52. The summed E-state index contributed by atoms with van der Waals surface area (Å²) in [6, 6.07) is 20.3. The van der Waals surface area contributed by atoms with Crippen LogP contribution in [0.3, 0.4) is 0 Å². The lowest BCUT2D eigenvalue weighted by Gasteiger charge is -2.15. The molecule has 134 valence electrons. The topological polar surface area (TPSA) is 72.4 Å². The molecule has 6 nitrogen and oxygen atoms in total. The SMILES string of the molecule is CN(Cc1ccco1)C(=O)c1ccc(-c2nnc(-c3ccccc3)o2)cc1. The monoisotopic (exact) mass is 359 g/mol. The van der Waals surface area contributed by atoms with E-state index < -0.39 is 0 Å². The minimum atomic E-state index is -0.0894. The lowest BCUT2D eigenvalue weighted by Crippen LogP contribution is -2.25. The van der Waals surface area contributed by atoms with Gasteiger partial charge >= 0.3 is 0 Å². The molecule has 0 aliphatic carbocycles. The Hall–Kier alpha value is -3.67. The molecule has 0 aliphatic heterocycles. The molecule has 0 radical (unpaired) electrons. The van der Waals surface area contributed by atoms with E-state index in [2.05, 4.69) is 10.2 Å². The summed E-state index contributed by atoms with van der Waals surface area (Å²) < 4.78 is 11.0. The number of nitrogens with zero attached hydrogens (tertiary/aromatic N) is 3. The first-order valence-corrected chi connectivity index (χ1v) is 8.48. The van der Waals surface area contributed by atoms with Gasteiger partial charge in [0.1, 0.15) is 5.76 Å². The highest BCUT2D eigenvalue weighted by Gasteiger charge is 2.15. The van der Waals surface area contributed by atoms with Crippen molar-refractivity contribution in [1.82, 2.24) is 15.1 Å². The van der Waals surface area contributed by atoms with Crippen molar-refractivity contribution in [3.05, 3.63) is 84.3 Å². The fourth-order valence-corrected chi connectivity index (χ4v) is 2.72. The van der Waals surface area contributed by atoms with Crippen LogP contribution in [0.5, 0.6) is 0 Å². The average Bonchev–Trinajstić information content (AvgIpc) is 3.40. The minimum absolute atomic E-state index is 0.0894. The Kier molecular flexibility index (Phi) is 4.53. The van der Waals surface area contributed by atoms with Crippen LogP contribution >= 0.6 is 0 Å². The zero-order valence-corrected chi connectivity index (χ0v) is 14.7. The second kappa shape index (κ2) is 7.29. The van der Waals surface area contributed by atoms with Gasteiger partial charge in [0.25, 0.3) is 5.91 Å². The van der Waals surface area contributed by atoms with E-state index in [-0.39, 0.29) is 5.91 Å². The van der Waals surface area contributed by atoms with E-state index in [0.717, 1.165) is 16.9 Å². The van der Waals surface area contributed by atoms with E-state index in [4.69, 9.17) is 8.83 Å². The third kappa shape index (κ3) is 3.64. The van der Waals surface area contributed by atoms with Crippen LogP contribution in [0.25, 0.3) is 22.9 Å². The van der Waals surface area contributed by atoms with Crippen LogP contribution in [0, 0.1) is 0 Å². The van der Waals surface area contributed by atoms with Crippen LogP contribution in [0.4, 0.5) is 0 Å². The van der Waals surface area contributed by atoms with Gasteiger partial charge in [-0.1, -0.05) is 18.2 Å². The number of aromatic nitrogens is 2. The van der Waals surface area contributed by atoms with Crippen LogP contribution in [-0.2, 0) is 6.54 Å². The first-order valence-electron chi connectivity index (χ1n) is 8.48. The van der Waals surface area contributed by atoms with Gasteiger partial charge in [-0.3, -0.25) is 4.79 Å². The van der Waals surface area contributed by atoms with E-state index in [1.165, 1.54) is 0 Å². The fourth-order valence-electron chi connectivity index (χ4n) is 2.72. The number of rotatable bonds is 5. The van der Waals surface area contributed by atoms with Crippen LogP contribution in [0.1, 0.15) is 16.1 Å². The van der Waals surface area contributed by atoms with E-state index in [0.29, 0.717) is 23.9 Å². The van der Waals surface area contributed by atoms with Gasteiger partial charge in [0.2, 0.25) is 11.8 Å². The summed E-state index contributed by atoms with van der Waals surface area (Å²) >= 11 is 0. The molecular formula is C21H17N3O3. The number of furan rings is 1. The molecule has 4 aromatic rings. The molecule has 0 saturated carbocycles. The van der Waals surface area contributed by atoms with Crippen molar-refractivity contribution in [3.63, 3.8) is 0 Å². The average molecular weight is 359 g/mol. The molecule has 27 heavy (non-hydrogen) atoms. The first-order chi connectivity index (χ1) is 13.2. The maximum absolute atomic E-state index is 12.5. The van der Waals surface area contributed by atoms with Crippen molar-refractivity contribution >= 4 is 5.91 Å². The van der Waals surface area contributed by atoms with Crippen LogP contribution in [0.15, 0.2) is 81.8 Å². The number of carbonyl (C=O) groups excluding carboxylic acids is 1. The Labute approximate surface area is 156 Å². The fraction of sp³-hybridized carbons (Fsp3) is 0.0952. The zero-order valence-electron chi connectivity index (χ0n) is 14.7. The predicted octanol–water partition coefficient (Wildman–Crippen LogP) is 4.27. The summed E-state index contributed by atoms with van der Waals surface area (Å²) in [5.41, 5.74) is 2.20. The molecule has 0 N–H and O–H groups in total. The number of hydrogen-bond acceptors (Lipinski definition) is 5. The molecule has 6 heteroatoms. The smallest absolute Gasteiger partial charge is 0.254 e. The third-order valence-corrected chi connectivity index (χ3v) is 4.14. The van der Waals surface area contributed by atoms with Crippen LogP contribution in [-0.4, -0.2) is 28.1 Å². The van der Waals surface area contributed by atoms with Crippen molar-refractivity contribution in [1.29, 1.82) is 0 Å². The summed E-state index contributed by atoms with van der Waals surface area (Å²) in [5, 5.41) is 8.19. The molecule has 0 atom stereocenters. The third-order valence-electron chi connectivity index (χ3n) is 4.14. The second-order valence-corrected chi connectivity index (χ2v) is 6.10. The lowest BCUT2D eigenvalue weighted by atomic mass is 10.1. The molecule has 4 rings (SSSR count). The van der Waals surface area contributed by atoms with Crippen molar-refractivity contribution < 1.29 is 13.6 Å². The molecular weight excluding hydrogens is 342 g/mol. The highest BCUT2D eigenvalue weighted by atomic mass is 16.4. The van der Waals surface area contributed by atoms with Crippen LogP contribution < -0.4 is 0 Å². The Balaban J connectivity index is 1.49. The molecule has 0 saturated heterocycles. The maximum Gasteiger partial charge on any atom is 0.254 e. The standard InChI is InChI=1S/C21H17N3O3/c1-24(14-18-8-5-13-26-18)21(25)17-11-9-16(10-12-17)20-23-22-19(27-20)15-6-3-2-4-7-15/h2-13H,14H2,1H3. The number of amides is 1. The first kappa shape index (κ1) is 16.8. The van der Waals surface area contributed by atoms with Crippen molar-refractivity contribution in [2.45, 2.75) is 6.54 Å².